The zero-order valence-corrected chi connectivity index (χ0v) is 21.0. The van der Waals surface area contributed by atoms with Gasteiger partial charge in [0, 0.05) is 24.8 Å². The third-order valence-electron chi connectivity index (χ3n) is 6.49. The van der Waals surface area contributed by atoms with Crippen LogP contribution in [-0.2, 0) is 11.2 Å². The van der Waals surface area contributed by atoms with E-state index in [1.54, 1.807) is 24.4 Å². The first-order valence-corrected chi connectivity index (χ1v) is 12.6. The summed E-state index contributed by atoms with van der Waals surface area (Å²) < 4.78 is 11.7. The van der Waals surface area contributed by atoms with Gasteiger partial charge in [0.2, 0.25) is 0 Å². The summed E-state index contributed by atoms with van der Waals surface area (Å²) in [5, 5.41) is 9.02. The van der Waals surface area contributed by atoms with Crippen molar-refractivity contribution in [2.24, 2.45) is 5.92 Å². The molecule has 0 atom stereocenters. The first kappa shape index (κ1) is 25.2. The van der Waals surface area contributed by atoms with Crippen molar-refractivity contribution in [3.05, 3.63) is 78.0 Å². The quantitative estimate of drug-likeness (QED) is 0.393. The number of benzene rings is 2. The molecule has 4 rings (SSSR count). The number of carbonyl (C=O) groups is 1. The minimum Gasteiger partial charge on any atom is -0.491 e. The van der Waals surface area contributed by atoms with E-state index in [0.29, 0.717) is 22.9 Å². The van der Waals surface area contributed by atoms with Crippen molar-refractivity contribution in [2.75, 3.05) is 19.7 Å². The number of nitrogens with zero attached hydrogens (tertiary/aromatic N) is 3. The van der Waals surface area contributed by atoms with Crippen molar-refractivity contribution in [1.82, 2.24) is 9.88 Å². The maximum absolute atomic E-state index is 12.8. The Morgan fingerprint density at radius 2 is 1.89 bits per heavy atom. The number of nitriles is 1. The lowest BCUT2D eigenvalue weighted by molar-refractivity contribution is -0.134. The van der Waals surface area contributed by atoms with Crippen LogP contribution in [0.4, 0.5) is 0 Å². The Labute approximate surface area is 213 Å². The smallest absolute Gasteiger partial charge is 0.260 e. The summed E-state index contributed by atoms with van der Waals surface area (Å²) in [6.45, 7) is 5.59. The number of carbonyl (C=O) groups excluding carboxylic acids is 1. The largest absolute Gasteiger partial charge is 0.491 e. The van der Waals surface area contributed by atoms with Crippen molar-refractivity contribution in [3.63, 3.8) is 0 Å². The number of rotatable bonds is 9. The van der Waals surface area contributed by atoms with Gasteiger partial charge in [0.15, 0.2) is 6.61 Å². The highest BCUT2D eigenvalue weighted by atomic mass is 16.5. The number of pyridine rings is 1. The Kier molecular flexibility index (Phi) is 8.57. The fourth-order valence-corrected chi connectivity index (χ4v) is 4.55. The molecule has 0 saturated carbocycles. The molecule has 0 unspecified atom stereocenters. The van der Waals surface area contributed by atoms with E-state index in [-0.39, 0.29) is 18.6 Å². The van der Waals surface area contributed by atoms with Crippen LogP contribution in [0.25, 0.3) is 11.3 Å². The van der Waals surface area contributed by atoms with Gasteiger partial charge in [0.25, 0.3) is 5.91 Å². The van der Waals surface area contributed by atoms with E-state index in [0.717, 1.165) is 50.1 Å². The molecule has 0 N–H and O–H groups in total. The van der Waals surface area contributed by atoms with E-state index >= 15 is 0 Å². The van der Waals surface area contributed by atoms with E-state index in [4.69, 9.17) is 14.7 Å². The van der Waals surface area contributed by atoms with Crippen molar-refractivity contribution in [3.8, 4) is 28.8 Å². The van der Waals surface area contributed by atoms with Crippen LogP contribution in [0.3, 0.4) is 0 Å². The van der Waals surface area contributed by atoms with E-state index in [9.17, 15) is 4.79 Å². The molecule has 3 aromatic rings. The normalized spacial score (nSPS) is 13.9. The minimum atomic E-state index is -0.0116. The average molecular weight is 484 g/mol. The molecular weight excluding hydrogens is 450 g/mol. The summed E-state index contributed by atoms with van der Waals surface area (Å²) in [7, 11) is 0. The summed E-state index contributed by atoms with van der Waals surface area (Å²) in [5.74, 6) is 2.11. The highest BCUT2D eigenvalue weighted by Crippen LogP contribution is 2.28. The second kappa shape index (κ2) is 12.2. The van der Waals surface area contributed by atoms with E-state index in [1.807, 2.05) is 43.0 Å². The second-order valence-electron chi connectivity index (χ2n) is 9.50. The van der Waals surface area contributed by atoms with Crippen LogP contribution >= 0.6 is 0 Å². The van der Waals surface area contributed by atoms with Gasteiger partial charge in [-0.05, 0) is 87.4 Å². The Balaban J connectivity index is 1.25. The Morgan fingerprint density at radius 1 is 1.11 bits per heavy atom. The summed E-state index contributed by atoms with van der Waals surface area (Å²) >= 11 is 0. The molecule has 1 fully saturated rings. The van der Waals surface area contributed by atoms with Gasteiger partial charge in [0.1, 0.15) is 17.2 Å². The van der Waals surface area contributed by atoms with Crippen LogP contribution < -0.4 is 9.47 Å². The number of likely N-dealkylation sites (tertiary alicyclic amines) is 1. The number of hydrogen-bond donors (Lipinski definition) is 0. The standard InChI is InChI=1S/C30H33N3O3/c1-22(2)36-27-6-3-5-24(19-27)9-8-23-14-17-33(18-15-23)29(34)21-35-28-7-4-16-32-30(28)26-12-10-25(20-31)11-13-26/h3-7,10-13,16,19,22-23H,8-9,14-15,17-18,21H2,1-2H3. The van der Waals surface area contributed by atoms with Crippen molar-refractivity contribution >= 4 is 5.91 Å². The molecule has 1 aromatic heterocycles. The lowest BCUT2D eigenvalue weighted by atomic mass is 9.90. The highest BCUT2D eigenvalue weighted by Gasteiger charge is 2.23. The predicted molar refractivity (Wildman–Crippen MR) is 140 cm³/mol. The molecule has 1 amide bonds. The van der Waals surface area contributed by atoms with Crippen LogP contribution in [-0.4, -0.2) is 41.6 Å². The number of ether oxygens (including phenoxy) is 2. The molecule has 0 bridgehead atoms. The summed E-state index contributed by atoms with van der Waals surface area (Å²) in [6, 6.07) is 21.3. The van der Waals surface area contributed by atoms with Gasteiger partial charge in [-0.1, -0.05) is 24.3 Å². The molecule has 6 heteroatoms. The summed E-state index contributed by atoms with van der Waals surface area (Å²) in [6.07, 6.45) is 6.03. The molecule has 2 heterocycles. The van der Waals surface area contributed by atoms with Crippen LogP contribution in [0.1, 0.15) is 44.2 Å². The van der Waals surface area contributed by atoms with E-state index < -0.39 is 0 Å². The van der Waals surface area contributed by atoms with Gasteiger partial charge in [-0.15, -0.1) is 0 Å². The number of amides is 1. The summed E-state index contributed by atoms with van der Waals surface area (Å²) in [5.41, 5.74) is 3.40. The van der Waals surface area contributed by atoms with Gasteiger partial charge in [0.05, 0.1) is 17.7 Å². The average Bonchev–Trinajstić information content (AvgIpc) is 2.91. The fraction of sp³-hybridized carbons (Fsp3) is 0.367. The maximum Gasteiger partial charge on any atom is 0.260 e. The van der Waals surface area contributed by atoms with Gasteiger partial charge in [-0.25, -0.2) is 0 Å². The van der Waals surface area contributed by atoms with E-state index in [2.05, 4.69) is 29.3 Å². The third-order valence-corrected chi connectivity index (χ3v) is 6.49. The van der Waals surface area contributed by atoms with Crippen LogP contribution in [0.15, 0.2) is 66.9 Å². The van der Waals surface area contributed by atoms with Crippen LogP contribution in [0.5, 0.6) is 11.5 Å². The molecule has 1 aliphatic rings. The van der Waals surface area contributed by atoms with Crippen LogP contribution in [0, 0.1) is 17.2 Å². The van der Waals surface area contributed by atoms with Gasteiger partial charge >= 0.3 is 0 Å². The fourth-order valence-electron chi connectivity index (χ4n) is 4.55. The van der Waals surface area contributed by atoms with Crippen molar-refractivity contribution < 1.29 is 14.3 Å². The van der Waals surface area contributed by atoms with Crippen LogP contribution in [0.2, 0.25) is 0 Å². The number of hydrogen-bond acceptors (Lipinski definition) is 5. The molecule has 6 nitrogen and oxygen atoms in total. The molecule has 0 aliphatic carbocycles. The molecular formula is C30H33N3O3. The molecule has 1 saturated heterocycles. The Bertz CT molecular complexity index is 1190. The first-order valence-electron chi connectivity index (χ1n) is 12.6. The molecule has 0 spiro atoms. The predicted octanol–water partition coefficient (Wildman–Crippen LogP) is 5.66. The van der Waals surface area contributed by atoms with Gasteiger partial charge in [-0.2, -0.15) is 5.26 Å². The molecule has 1 aliphatic heterocycles. The zero-order valence-electron chi connectivity index (χ0n) is 21.0. The topological polar surface area (TPSA) is 75.4 Å². The number of aryl methyl sites for hydroxylation is 1. The number of piperidine rings is 1. The lowest BCUT2D eigenvalue weighted by Gasteiger charge is -2.32. The Hall–Kier alpha value is -3.85. The van der Waals surface area contributed by atoms with Crippen molar-refractivity contribution in [2.45, 2.75) is 45.6 Å². The van der Waals surface area contributed by atoms with Gasteiger partial charge in [-0.3, -0.25) is 9.78 Å². The summed E-state index contributed by atoms with van der Waals surface area (Å²) in [4.78, 5) is 19.2. The SMILES string of the molecule is CC(C)Oc1cccc(CCC2CCN(C(=O)COc3cccnc3-c3ccc(C#N)cc3)CC2)c1. The first-order chi connectivity index (χ1) is 17.5. The van der Waals surface area contributed by atoms with E-state index in [1.165, 1.54) is 5.56 Å². The highest BCUT2D eigenvalue weighted by molar-refractivity contribution is 5.78. The second-order valence-corrected chi connectivity index (χ2v) is 9.50. The maximum atomic E-state index is 12.8. The lowest BCUT2D eigenvalue weighted by Crippen LogP contribution is -2.41. The van der Waals surface area contributed by atoms with Gasteiger partial charge < -0.3 is 14.4 Å². The molecule has 0 radical (unpaired) electrons. The molecule has 186 valence electrons. The Morgan fingerprint density at radius 3 is 2.61 bits per heavy atom. The van der Waals surface area contributed by atoms with Crippen molar-refractivity contribution in [1.29, 1.82) is 5.26 Å². The minimum absolute atomic E-state index is 0.00150. The third kappa shape index (κ3) is 6.85. The zero-order chi connectivity index (χ0) is 25.3. The molecule has 36 heavy (non-hydrogen) atoms. The monoisotopic (exact) mass is 483 g/mol. The molecule has 2 aromatic carbocycles. The number of aromatic nitrogens is 1.